The van der Waals surface area contributed by atoms with Gasteiger partial charge < -0.3 is 10.1 Å². The van der Waals surface area contributed by atoms with Gasteiger partial charge in [0.15, 0.2) is 0 Å². The smallest absolute Gasteiger partial charge is 0.241 e. The molecule has 1 amide bonds. The van der Waals surface area contributed by atoms with Crippen LogP contribution >= 0.6 is 0 Å². The molecule has 0 saturated carbocycles. The molecule has 1 heterocycles. The van der Waals surface area contributed by atoms with Gasteiger partial charge >= 0.3 is 0 Å². The number of nitrogens with zero attached hydrogens (tertiary/aromatic N) is 1. The van der Waals surface area contributed by atoms with Crippen molar-refractivity contribution in [2.75, 3.05) is 18.4 Å². The number of nitrogens with one attached hydrogen (secondary N) is 1. The van der Waals surface area contributed by atoms with Crippen molar-refractivity contribution >= 4 is 11.6 Å². The number of rotatable bonds is 3. The van der Waals surface area contributed by atoms with Gasteiger partial charge in [-0.2, -0.15) is 0 Å². The Balaban J connectivity index is 2.06. The summed E-state index contributed by atoms with van der Waals surface area (Å²) < 4.78 is 5.73. The van der Waals surface area contributed by atoms with Crippen molar-refractivity contribution in [1.82, 2.24) is 4.90 Å². The monoisotopic (exact) mass is 290 g/mol. The minimum absolute atomic E-state index is 0.0497. The summed E-state index contributed by atoms with van der Waals surface area (Å²) in [6.45, 7) is 11.7. The Morgan fingerprint density at radius 2 is 1.76 bits per heavy atom. The molecule has 1 fully saturated rings. The molecule has 0 bridgehead atoms. The van der Waals surface area contributed by atoms with E-state index in [2.05, 4.69) is 24.1 Å². The van der Waals surface area contributed by atoms with Crippen LogP contribution in [-0.2, 0) is 9.53 Å². The topological polar surface area (TPSA) is 41.6 Å². The fourth-order valence-corrected chi connectivity index (χ4v) is 2.94. The highest BCUT2D eigenvalue weighted by Crippen LogP contribution is 2.21. The van der Waals surface area contributed by atoms with E-state index >= 15 is 0 Å². The Bertz CT molecular complexity index is 485. The number of anilines is 1. The molecule has 0 aromatic heterocycles. The fraction of sp³-hybridized carbons (Fsp3) is 0.588. The molecule has 1 saturated heterocycles. The average molecular weight is 290 g/mol. The molecule has 0 spiro atoms. The summed E-state index contributed by atoms with van der Waals surface area (Å²) in [7, 11) is 0. The Kier molecular flexibility index (Phi) is 5.01. The number of hydrogen-bond donors (Lipinski definition) is 1. The van der Waals surface area contributed by atoms with Crippen molar-refractivity contribution in [3.63, 3.8) is 0 Å². The maximum Gasteiger partial charge on any atom is 0.241 e. The Morgan fingerprint density at radius 1 is 1.24 bits per heavy atom. The zero-order chi connectivity index (χ0) is 15.6. The maximum atomic E-state index is 12.5. The molecule has 1 aromatic rings. The zero-order valence-electron chi connectivity index (χ0n) is 13.6. The number of aryl methyl sites for hydroxylation is 2. The number of benzene rings is 1. The third kappa shape index (κ3) is 3.83. The molecule has 4 nitrogen and oxygen atoms in total. The van der Waals surface area contributed by atoms with E-state index < -0.39 is 0 Å². The number of para-hydroxylation sites is 1. The molecule has 1 aromatic carbocycles. The highest BCUT2D eigenvalue weighted by molar-refractivity contribution is 5.95. The van der Waals surface area contributed by atoms with Crippen molar-refractivity contribution in [1.29, 1.82) is 0 Å². The van der Waals surface area contributed by atoms with Crippen LogP contribution in [0.4, 0.5) is 5.69 Å². The number of ether oxygens (including phenoxy) is 1. The Morgan fingerprint density at radius 3 is 2.29 bits per heavy atom. The summed E-state index contributed by atoms with van der Waals surface area (Å²) >= 11 is 0. The number of carbonyl (C=O) groups excluding carboxylic acids is 1. The largest absolute Gasteiger partial charge is 0.373 e. The Hall–Kier alpha value is -1.39. The van der Waals surface area contributed by atoms with E-state index in [-0.39, 0.29) is 24.2 Å². The number of hydrogen-bond acceptors (Lipinski definition) is 3. The molecule has 2 rings (SSSR count). The molecule has 3 atom stereocenters. The lowest BCUT2D eigenvalue weighted by atomic mass is 10.1. The van der Waals surface area contributed by atoms with Gasteiger partial charge in [-0.3, -0.25) is 9.69 Å². The van der Waals surface area contributed by atoms with Crippen molar-refractivity contribution in [3.8, 4) is 0 Å². The third-order valence-electron chi connectivity index (χ3n) is 4.10. The summed E-state index contributed by atoms with van der Waals surface area (Å²) in [5, 5.41) is 3.08. The van der Waals surface area contributed by atoms with Gasteiger partial charge in [0.05, 0.1) is 18.2 Å². The van der Waals surface area contributed by atoms with Gasteiger partial charge in [0, 0.05) is 18.8 Å². The molecule has 0 radical (unpaired) electrons. The first-order chi connectivity index (χ1) is 9.88. The zero-order valence-corrected chi connectivity index (χ0v) is 13.6. The van der Waals surface area contributed by atoms with E-state index in [1.165, 1.54) is 0 Å². The summed E-state index contributed by atoms with van der Waals surface area (Å²) in [5.41, 5.74) is 3.13. The minimum Gasteiger partial charge on any atom is -0.373 e. The van der Waals surface area contributed by atoms with Crippen LogP contribution in [0.5, 0.6) is 0 Å². The summed E-state index contributed by atoms with van der Waals surface area (Å²) in [4.78, 5) is 14.7. The quantitative estimate of drug-likeness (QED) is 0.930. The summed E-state index contributed by atoms with van der Waals surface area (Å²) in [5.74, 6) is 0.0497. The van der Waals surface area contributed by atoms with Crippen molar-refractivity contribution in [3.05, 3.63) is 29.3 Å². The average Bonchev–Trinajstić information content (AvgIpc) is 2.41. The highest BCUT2D eigenvalue weighted by Gasteiger charge is 2.29. The SMILES string of the molecule is Cc1cccc(C)c1NC(=O)C(C)N1CC(C)OC(C)C1. The van der Waals surface area contributed by atoms with Gasteiger partial charge in [-0.15, -0.1) is 0 Å². The van der Waals surface area contributed by atoms with Gasteiger partial charge in [0.2, 0.25) is 5.91 Å². The predicted octanol–water partition coefficient (Wildman–Crippen LogP) is 2.74. The van der Waals surface area contributed by atoms with E-state index in [1.807, 2.05) is 39.0 Å². The Labute approximate surface area is 127 Å². The summed E-state index contributed by atoms with van der Waals surface area (Å²) in [6.07, 6.45) is 0.341. The normalized spacial score (nSPS) is 24.6. The predicted molar refractivity (Wildman–Crippen MR) is 85.6 cm³/mol. The third-order valence-corrected chi connectivity index (χ3v) is 4.10. The van der Waals surface area contributed by atoms with Crippen molar-refractivity contribution < 1.29 is 9.53 Å². The van der Waals surface area contributed by atoms with Crippen LogP contribution in [0.3, 0.4) is 0 Å². The van der Waals surface area contributed by atoms with Gasteiger partial charge in [0.1, 0.15) is 0 Å². The molecule has 4 heteroatoms. The van der Waals surface area contributed by atoms with E-state index in [0.29, 0.717) is 0 Å². The number of carbonyl (C=O) groups is 1. The molecular weight excluding hydrogens is 264 g/mol. The van der Waals surface area contributed by atoms with Gasteiger partial charge in [-0.1, -0.05) is 18.2 Å². The lowest BCUT2D eigenvalue weighted by Gasteiger charge is -2.38. The van der Waals surface area contributed by atoms with E-state index in [1.54, 1.807) is 0 Å². The molecule has 1 aliphatic rings. The van der Waals surface area contributed by atoms with Crippen molar-refractivity contribution in [2.45, 2.75) is 52.9 Å². The first-order valence-electron chi connectivity index (χ1n) is 7.65. The summed E-state index contributed by atoms with van der Waals surface area (Å²) in [6, 6.07) is 5.89. The van der Waals surface area contributed by atoms with Crippen LogP contribution in [0, 0.1) is 13.8 Å². The second-order valence-electron chi connectivity index (χ2n) is 6.14. The maximum absolute atomic E-state index is 12.5. The second-order valence-corrected chi connectivity index (χ2v) is 6.14. The number of amides is 1. The fourth-order valence-electron chi connectivity index (χ4n) is 2.94. The van der Waals surface area contributed by atoms with Crippen LogP contribution in [0.2, 0.25) is 0 Å². The molecule has 1 aliphatic heterocycles. The van der Waals surface area contributed by atoms with Crippen LogP contribution in [0.1, 0.15) is 31.9 Å². The van der Waals surface area contributed by atoms with E-state index in [9.17, 15) is 4.79 Å². The minimum atomic E-state index is -0.155. The first-order valence-corrected chi connectivity index (χ1v) is 7.65. The van der Waals surface area contributed by atoms with Gasteiger partial charge in [-0.05, 0) is 45.7 Å². The van der Waals surface area contributed by atoms with Gasteiger partial charge in [0.25, 0.3) is 0 Å². The number of morpholine rings is 1. The lowest BCUT2D eigenvalue weighted by molar-refractivity contribution is -0.126. The lowest BCUT2D eigenvalue weighted by Crippen LogP contribution is -2.52. The van der Waals surface area contributed by atoms with E-state index in [4.69, 9.17) is 4.74 Å². The van der Waals surface area contributed by atoms with E-state index in [0.717, 1.165) is 29.9 Å². The van der Waals surface area contributed by atoms with Gasteiger partial charge in [-0.25, -0.2) is 0 Å². The van der Waals surface area contributed by atoms with Crippen LogP contribution in [0.25, 0.3) is 0 Å². The van der Waals surface area contributed by atoms with Crippen LogP contribution in [-0.4, -0.2) is 42.1 Å². The molecule has 116 valence electrons. The molecule has 0 aliphatic carbocycles. The van der Waals surface area contributed by atoms with Crippen LogP contribution in [0.15, 0.2) is 18.2 Å². The first kappa shape index (κ1) is 16.0. The highest BCUT2D eigenvalue weighted by atomic mass is 16.5. The van der Waals surface area contributed by atoms with Crippen LogP contribution < -0.4 is 5.32 Å². The molecule has 3 unspecified atom stereocenters. The molecule has 1 N–H and O–H groups in total. The molecular formula is C17H26N2O2. The molecule has 21 heavy (non-hydrogen) atoms. The standard InChI is InChI=1S/C17H26N2O2/c1-11-7-6-8-12(2)16(11)18-17(20)15(5)19-9-13(3)21-14(4)10-19/h6-8,13-15H,9-10H2,1-5H3,(H,18,20). The van der Waals surface area contributed by atoms with Crippen molar-refractivity contribution in [2.24, 2.45) is 0 Å². The second kappa shape index (κ2) is 6.58.